The van der Waals surface area contributed by atoms with Crippen LogP contribution in [0.1, 0.15) is 42.2 Å². The van der Waals surface area contributed by atoms with Crippen LogP contribution in [0.4, 0.5) is 0 Å². The summed E-state index contributed by atoms with van der Waals surface area (Å²) >= 11 is 0. The molecule has 2 N–H and O–H groups in total. The molecule has 0 aliphatic carbocycles. The fourth-order valence-electron chi connectivity index (χ4n) is 4.56. The van der Waals surface area contributed by atoms with Gasteiger partial charge >= 0.3 is 0 Å². The van der Waals surface area contributed by atoms with Gasteiger partial charge in [0.25, 0.3) is 0 Å². The number of carbonyl (C=O) groups excluding carboxylic acids is 1. The predicted octanol–water partition coefficient (Wildman–Crippen LogP) is 4.10. The zero-order chi connectivity index (χ0) is 22.2. The summed E-state index contributed by atoms with van der Waals surface area (Å²) in [7, 11) is 0. The van der Waals surface area contributed by atoms with E-state index in [0.717, 1.165) is 31.7 Å². The summed E-state index contributed by atoms with van der Waals surface area (Å²) in [4.78, 5) is 19.2. The number of nitrogens with two attached hydrogens (primary N) is 1. The number of primary amides is 1. The monoisotopic (exact) mass is 429 g/mol. The van der Waals surface area contributed by atoms with E-state index in [1.54, 1.807) is 6.20 Å². The molecule has 1 saturated heterocycles. The van der Waals surface area contributed by atoms with Gasteiger partial charge in [0.1, 0.15) is 6.10 Å². The lowest BCUT2D eigenvalue weighted by molar-refractivity contribution is -0.125. The molecule has 32 heavy (non-hydrogen) atoms. The van der Waals surface area contributed by atoms with Crippen molar-refractivity contribution in [1.29, 1.82) is 0 Å². The molecule has 1 fully saturated rings. The molecule has 0 radical (unpaired) electrons. The number of likely N-dealkylation sites (tertiary alicyclic amines) is 1. The van der Waals surface area contributed by atoms with Gasteiger partial charge in [0.2, 0.25) is 5.91 Å². The highest BCUT2D eigenvalue weighted by Gasteiger charge is 2.42. The summed E-state index contributed by atoms with van der Waals surface area (Å²) in [5.74, 6) is -0.271. The lowest BCUT2D eigenvalue weighted by Crippen LogP contribution is -2.50. The summed E-state index contributed by atoms with van der Waals surface area (Å²) in [6, 6.07) is 26.4. The van der Waals surface area contributed by atoms with Gasteiger partial charge in [-0.25, -0.2) is 0 Å². The third-order valence-electron chi connectivity index (χ3n) is 6.44. The van der Waals surface area contributed by atoms with E-state index in [9.17, 15) is 4.79 Å². The Morgan fingerprint density at radius 2 is 1.53 bits per heavy atom. The van der Waals surface area contributed by atoms with Crippen LogP contribution in [0, 0.1) is 0 Å². The molecule has 4 rings (SSSR count). The SMILES string of the molecule is NC(=O)C1(c2ccccn2)CCN(CCCOC(c2ccccc2)c2ccccc2)CC1. The van der Waals surface area contributed by atoms with Crippen molar-refractivity contribution < 1.29 is 9.53 Å². The molecule has 1 aromatic heterocycles. The van der Waals surface area contributed by atoms with Crippen LogP contribution in [0.25, 0.3) is 0 Å². The molecule has 0 atom stereocenters. The Morgan fingerprint density at radius 1 is 0.938 bits per heavy atom. The molecule has 1 aliphatic rings. The summed E-state index contributed by atoms with van der Waals surface area (Å²) in [6.07, 6.45) is 4.02. The number of ether oxygens (including phenoxy) is 1. The van der Waals surface area contributed by atoms with Crippen LogP contribution >= 0.6 is 0 Å². The Hall–Kier alpha value is -3.02. The zero-order valence-electron chi connectivity index (χ0n) is 18.4. The van der Waals surface area contributed by atoms with Crippen molar-refractivity contribution in [2.24, 2.45) is 5.73 Å². The molecule has 0 unspecified atom stereocenters. The highest BCUT2D eigenvalue weighted by Crippen LogP contribution is 2.34. The van der Waals surface area contributed by atoms with Crippen molar-refractivity contribution >= 4 is 5.91 Å². The number of benzene rings is 2. The number of amides is 1. The second-order valence-corrected chi connectivity index (χ2v) is 8.43. The lowest BCUT2D eigenvalue weighted by atomic mass is 9.74. The normalized spacial score (nSPS) is 16.2. The van der Waals surface area contributed by atoms with Crippen molar-refractivity contribution in [3.63, 3.8) is 0 Å². The zero-order valence-corrected chi connectivity index (χ0v) is 18.4. The van der Waals surface area contributed by atoms with Crippen LogP contribution < -0.4 is 5.73 Å². The highest BCUT2D eigenvalue weighted by atomic mass is 16.5. The molecule has 2 aromatic carbocycles. The molecule has 166 valence electrons. The van der Waals surface area contributed by atoms with E-state index in [1.807, 2.05) is 30.3 Å². The van der Waals surface area contributed by atoms with Gasteiger partial charge in [-0.2, -0.15) is 0 Å². The van der Waals surface area contributed by atoms with E-state index >= 15 is 0 Å². The van der Waals surface area contributed by atoms with E-state index in [0.29, 0.717) is 19.4 Å². The van der Waals surface area contributed by atoms with Crippen LogP contribution in [-0.4, -0.2) is 42.0 Å². The largest absolute Gasteiger partial charge is 0.369 e. The predicted molar refractivity (Wildman–Crippen MR) is 126 cm³/mol. The average Bonchev–Trinajstić information content (AvgIpc) is 2.86. The first kappa shape index (κ1) is 22.2. The summed E-state index contributed by atoms with van der Waals surface area (Å²) < 4.78 is 6.34. The number of carbonyl (C=O) groups is 1. The quantitative estimate of drug-likeness (QED) is 0.520. The first-order valence-corrected chi connectivity index (χ1v) is 11.3. The maximum Gasteiger partial charge on any atom is 0.229 e. The average molecular weight is 430 g/mol. The van der Waals surface area contributed by atoms with Crippen molar-refractivity contribution in [3.05, 3.63) is 102 Å². The number of pyridine rings is 1. The molecule has 1 aliphatic heterocycles. The molecule has 0 spiro atoms. The van der Waals surface area contributed by atoms with E-state index in [-0.39, 0.29) is 12.0 Å². The molecule has 3 aromatic rings. The fraction of sp³-hybridized carbons (Fsp3) is 0.333. The van der Waals surface area contributed by atoms with Crippen LogP contribution in [0.5, 0.6) is 0 Å². The van der Waals surface area contributed by atoms with Crippen molar-refractivity contribution in [3.8, 4) is 0 Å². The molecule has 0 bridgehead atoms. The minimum absolute atomic E-state index is 0.0644. The first-order chi connectivity index (χ1) is 15.7. The van der Waals surface area contributed by atoms with E-state index in [4.69, 9.17) is 10.5 Å². The third-order valence-corrected chi connectivity index (χ3v) is 6.44. The van der Waals surface area contributed by atoms with E-state index < -0.39 is 5.41 Å². The Kier molecular flexibility index (Phi) is 7.30. The molecule has 5 nitrogen and oxygen atoms in total. The van der Waals surface area contributed by atoms with Gasteiger partial charge in [-0.15, -0.1) is 0 Å². The molecular weight excluding hydrogens is 398 g/mol. The van der Waals surface area contributed by atoms with Crippen molar-refractivity contribution in [2.45, 2.75) is 30.8 Å². The van der Waals surface area contributed by atoms with Gasteiger partial charge in [-0.3, -0.25) is 9.78 Å². The second kappa shape index (κ2) is 10.5. The third kappa shape index (κ3) is 5.06. The van der Waals surface area contributed by atoms with Gasteiger partial charge < -0.3 is 15.4 Å². The van der Waals surface area contributed by atoms with Gasteiger partial charge in [0.15, 0.2) is 0 Å². The van der Waals surface area contributed by atoms with Crippen molar-refractivity contribution in [2.75, 3.05) is 26.2 Å². The van der Waals surface area contributed by atoms with Crippen LogP contribution in [0.2, 0.25) is 0 Å². The minimum atomic E-state index is -0.653. The lowest BCUT2D eigenvalue weighted by Gasteiger charge is -2.39. The number of piperidine rings is 1. The number of hydrogen-bond acceptors (Lipinski definition) is 4. The molecule has 2 heterocycles. The van der Waals surface area contributed by atoms with E-state index in [1.165, 1.54) is 11.1 Å². The topological polar surface area (TPSA) is 68.5 Å². The smallest absolute Gasteiger partial charge is 0.229 e. The summed E-state index contributed by atoms with van der Waals surface area (Å²) in [5, 5.41) is 0. The van der Waals surface area contributed by atoms with Crippen LogP contribution in [0.15, 0.2) is 85.1 Å². The van der Waals surface area contributed by atoms with Gasteiger partial charge in [-0.05, 0) is 55.6 Å². The number of aromatic nitrogens is 1. The molecule has 1 amide bonds. The van der Waals surface area contributed by atoms with E-state index in [2.05, 4.69) is 58.4 Å². The van der Waals surface area contributed by atoms with Crippen LogP contribution in [0.3, 0.4) is 0 Å². The fourth-order valence-corrected chi connectivity index (χ4v) is 4.56. The number of rotatable bonds is 9. The van der Waals surface area contributed by atoms with Crippen molar-refractivity contribution in [1.82, 2.24) is 9.88 Å². The first-order valence-electron chi connectivity index (χ1n) is 11.3. The maximum absolute atomic E-state index is 12.3. The Labute approximate surface area is 190 Å². The van der Waals surface area contributed by atoms with Gasteiger partial charge in [0, 0.05) is 19.3 Å². The number of hydrogen-bond donors (Lipinski definition) is 1. The molecule has 0 saturated carbocycles. The Morgan fingerprint density at radius 3 is 2.06 bits per heavy atom. The Balaban J connectivity index is 1.31. The van der Waals surface area contributed by atoms with Gasteiger partial charge in [-0.1, -0.05) is 66.7 Å². The highest BCUT2D eigenvalue weighted by molar-refractivity contribution is 5.86. The van der Waals surface area contributed by atoms with Gasteiger partial charge in [0.05, 0.1) is 11.1 Å². The number of nitrogens with zero attached hydrogens (tertiary/aromatic N) is 2. The summed E-state index contributed by atoms with van der Waals surface area (Å²) in [6.45, 7) is 3.28. The summed E-state index contributed by atoms with van der Waals surface area (Å²) in [5.41, 5.74) is 8.30. The molecular formula is C27H31N3O2. The van der Waals surface area contributed by atoms with Crippen LogP contribution in [-0.2, 0) is 14.9 Å². The second-order valence-electron chi connectivity index (χ2n) is 8.43. The Bertz CT molecular complexity index is 932. The minimum Gasteiger partial charge on any atom is -0.369 e. The standard InChI is InChI=1S/C27H31N3O2/c28-26(31)27(24-14-7-8-17-29-24)15-19-30(20-16-27)18-9-21-32-25(22-10-3-1-4-11-22)23-12-5-2-6-13-23/h1-8,10-14,17,25H,9,15-16,18-21H2,(H2,28,31). The maximum atomic E-state index is 12.3. The molecule has 5 heteroatoms.